The Morgan fingerprint density at radius 3 is 2.59 bits per heavy atom. The molecule has 1 fully saturated rings. The van der Waals surface area contributed by atoms with Crippen LogP contribution in [0.4, 0.5) is 10.1 Å². The van der Waals surface area contributed by atoms with E-state index >= 15 is 0 Å². The topological polar surface area (TPSA) is 63.1 Å². The number of nitrogens with zero attached hydrogens (tertiary/aromatic N) is 4. The van der Waals surface area contributed by atoms with Gasteiger partial charge in [-0.25, -0.2) is 4.39 Å². The van der Waals surface area contributed by atoms with Gasteiger partial charge < -0.3 is 9.88 Å². The quantitative estimate of drug-likeness (QED) is 0.743. The molecule has 0 spiro atoms. The highest BCUT2D eigenvalue weighted by atomic mass is 19.1. The Morgan fingerprint density at radius 1 is 1.00 bits per heavy atom. The number of carbonyl (C=O) groups excluding carboxylic acids is 1. The molecular formula is C22H22FN5O. The van der Waals surface area contributed by atoms with Gasteiger partial charge >= 0.3 is 0 Å². The first-order chi connectivity index (χ1) is 14.2. The highest BCUT2D eigenvalue weighted by Gasteiger charge is 2.39. The molecule has 1 N–H and O–H groups in total. The second kappa shape index (κ2) is 7.40. The molecule has 7 heteroatoms. The number of nitrogens with one attached hydrogen (secondary N) is 1. The third-order valence-corrected chi connectivity index (χ3v) is 5.93. The van der Waals surface area contributed by atoms with Gasteiger partial charge in [0.25, 0.3) is 5.91 Å². The normalized spacial score (nSPS) is 20.9. The van der Waals surface area contributed by atoms with E-state index in [0.29, 0.717) is 24.2 Å². The van der Waals surface area contributed by atoms with Crippen molar-refractivity contribution >= 4 is 11.6 Å². The van der Waals surface area contributed by atoms with Gasteiger partial charge in [-0.15, -0.1) is 10.2 Å². The van der Waals surface area contributed by atoms with E-state index in [9.17, 15) is 9.18 Å². The Bertz CT molecular complexity index is 1030. The maximum atomic E-state index is 14.0. The van der Waals surface area contributed by atoms with Crippen molar-refractivity contribution in [2.45, 2.75) is 19.5 Å². The highest BCUT2D eigenvalue weighted by Crippen LogP contribution is 2.33. The molecule has 1 aromatic heterocycles. The van der Waals surface area contributed by atoms with E-state index in [1.165, 1.54) is 6.07 Å². The van der Waals surface area contributed by atoms with Crippen molar-refractivity contribution in [1.29, 1.82) is 0 Å². The van der Waals surface area contributed by atoms with Crippen molar-refractivity contribution in [2.75, 3.05) is 18.4 Å². The molecule has 6 nitrogen and oxygen atoms in total. The summed E-state index contributed by atoms with van der Waals surface area (Å²) in [7, 11) is 0. The molecule has 2 aromatic carbocycles. The first-order valence-corrected chi connectivity index (χ1v) is 9.91. The number of rotatable bonds is 4. The molecule has 3 aromatic rings. The molecule has 2 aliphatic heterocycles. The third-order valence-electron chi connectivity index (χ3n) is 5.93. The number of halogens is 1. The molecule has 0 radical (unpaired) electrons. The van der Waals surface area contributed by atoms with Gasteiger partial charge in [0.2, 0.25) is 5.82 Å². The Hall–Kier alpha value is -3.06. The van der Waals surface area contributed by atoms with Crippen LogP contribution in [0.3, 0.4) is 0 Å². The lowest BCUT2D eigenvalue weighted by Gasteiger charge is -2.25. The van der Waals surface area contributed by atoms with Gasteiger partial charge in [-0.05, 0) is 30.0 Å². The van der Waals surface area contributed by atoms with Gasteiger partial charge in [-0.3, -0.25) is 9.69 Å². The van der Waals surface area contributed by atoms with Crippen LogP contribution in [0.25, 0.3) is 0 Å². The predicted octanol–water partition coefficient (Wildman–Crippen LogP) is 2.97. The molecule has 1 saturated heterocycles. The highest BCUT2D eigenvalue weighted by molar-refractivity contribution is 6.01. The van der Waals surface area contributed by atoms with Crippen LogP contribution >= 0.6 is 0 Å². The summed E-state index contributed by atoms with van der Waals surface area (Å²) in [5.74, 6) is 1.69. The SMILES string of the molecule is O=C(Nc1ccccc1)c1nnc2n1C[C@@H]1CN(Cc3ccccc3F)C[C@H]1C2. The zero-order chi connectivity index (χ0) is 19.8. The third kappa shape index (κ3) is 3.53. The van der Waals surface area contributed by atoms with Gasteiger partial charge in [-0.1, -0.05) is 36.4 Å². The van der Waals surface area contributed by atoms with Gasteiger partial charge in [0, 0.05) is 43.9 Å². The van der Waals surface area contributed by atoms with Crippen molar-refractivity contribution in [3.63, 3.8) is 0 Å². The lowest BCUT2D eigenvalue weighted by atomic mass is 9.89. The molecule has 2 aliphatic rings. The monoisotopic (exact) mass is 391 g/mol. The van der Waals surface area contributed by atoms with Gasteiger partial charge in [-0.2, -0.15) is 0 Å². The van der Waals surface area contributed by atoms with E-state index in [2.05, 4.69) is 20.4 Å². The minimum absolute atomic E-state index is 0.153. The first-order valence-electron chi connectivity index (χ1n) is 9.91. The summed E-state index contributed by atoms with van der Waals surface area (Å²) in [6.07, 6.45) is 0.796. The van der Waals surface area contributed by atoms with Crippen LogP contribution in [0.15, 0.2) is 54.6 Å². The van der Waals surface area contributed by atoms with E-state index in [0.717, 1.165) is 43.1 Å². The number of para-hydroxylation sites is 1. The van der Waals surface area contributed by atoms with Crippen LogP contribution in [0.1, 0.15) is 22.0 Å². The summed E-state index contributed by atoms with van der Waals surface area (Å²) in [6.45, 7) is 3.13. The van der Waals surface area contributed by atoms with Crippen molar-refractivity contribution in [2.24, 2.45) is 11.8 Å². The molecule has 148 valence electrons. The molecule has 5 rings (SSSR count). The van der Waals surface area contributed by atoms with Gasteiger partial charge in [0.15, 0.2) is 0 Å². The molecule has 3 heterocycles. The van der Waals surface area contributed by atoms with E-state index in [-0.39, 0.29) is 11.7 Å². The number of amides is 1. The number of carbonyl (C=O) groups is 1. The van der Waals surface area contributed by atoms with E-state index in [1.54, 1.807) is 6.07 Å². The fourth-order valence-electron chi connectivity index (χ4n) is 4.49. The second-order valence-corrected chi connectivity index (χ2v) is 7.88. The minimum Gasteiger partial charge on any atom is -0.319 e. The van der Waals surface area contributed by atoms with E-state index in [4.69, 9.17) is 0 Å². The van der Waals surface area contributed by atoms with Crippen LogP contribution in [-0.4, -0.2) is 38.7 Å². The average Bonchev–Trinajstić information content (AvgIpc) is 3.31. The minimum atomic E-state index is -0.241. The number of benzene rings is 2. The van der Waals surface area contributed by atoms with Crippen LogP contribution in [0.2, 0.25) is 0 Å². The summed E-state index contributed by atoms with van der Waals surface area (Å²) >= 11 is 0. The number of aromatic nitrogens is 3. The standard InChI is InChI=1S/C22H22FN5O/c23-19-9-5-4-6-15(19)11-27-12-16-10-20-25-26-21(28(20)14-17(16)13-27)22(29)24-18-7-2-1-3-8-18/h1-9,16-17H,10-14H2,(H,24,29)/t16-,17+/m1/s1. The van der Waals surface area contributed by atoms with Crippen molar-refractivity contribution in [3.8, 4) is 0 Å². The lowest BCUT2D eigenvalue weighted by Crippen LogP contribution is -2.31. The van der Waals surface area contributed by atoms with Crippen molar-refractivity contribution in [3.05, 3.63) is 77.6 Å². The maximum Gasteiger partial charge on any atom is 0.293 e. The fraction of sp³-hybridized carbons (Fsp3) is 0.318. The molecular weight excluding hydrogens is 369 g/mol. The summed E-state index contributed by atoms with van der Waals surface area (Å²) in [5.41, 5.74) is 1.47. The van der Waals surface area contributed by atoms with E-state index < -0.39 is 0 Å². The van der Waals surface area contributed by atoms with Crippen LogP contribution < -0.4 is 5.32 Å². The van der Waals surface area contributed by atoms with Crippen molar-refractivity contribution in [1.82, 2.24) is 19.7 Å². The number of hydrogen-bond acceptors (Lipinski definition) is 4. The molecule has 0 saturated carbocycles. The number of fused-ring (bicyclic) bond motifs is 2. The Morgan fingerprint density at radius 2 is 1.76 bits per heavy atom. The largest absolute Gasteiger partial charge is 0.319 e. The second-order valence-electron chi connectivity index (χ2n) is 7.88. The Labute approximate surface area is 168 Å². The lowest BCUT2D eigenvalue weighted by molar-refractivity contribution is 0.100. The molecule has 0 unspecified atom stereocenters. The number of hydrogen-bond donors (Lipinski definition) is 1. The van der Waals surface area contributed by atoms with Gasteiger partial charge in [0.05, 0.1) is 0 Å². The summed E-state index contributed by atoms with van der Waals surface area (Å²) in [5, 5.41) is 11.3. The Kier molecular flexibility index (Phi) is 4.60. The molecule has 1 amide bonds. The zero-order valence-electron chi connectivity index (χ0n) is 16.0. The molecule has 29 heavy (non-hydrogen) atoms. The number of anilines is 1. The van der Waals surface area contributed by atoms with Gasteiger partial charge in [0.1, 0.15) is 11.6 Å². The Balaban J connectivity index is 1.29. The molecule has 0 bridgehead atoms. The maximum absolute atomic E-state index is 14.0. The summed E-state index contributed by atoms with van der Waals surface area (Å²) in [6, 6.07) is 16.3. The van der Waals surface area contributed by atoms with Crippen molar-refractivity contribution < 1.29 is 9.18 Å². The molecule has 0 aliphatic carbocycles. The predicted molar refractivity (Wildman–Crippen MR) is 107 cm³/mol. The first kappa shape index (κ1) is 18.0. The smallest absolute Gasteiger partial charge is 0.293 e. The fourth-order valence-corrected chi connectivity index (χ4v) is 4.49. The van der Waals surface area contributed by atoms with Crippen LogP contribution in [0, 0.1) is 17.7 Å². The van der Waals surface area contributed by atoms with Crippen LogP contribution in [-0.2, 0) is 19.5 Å². The average molecular weight is 391 g/mol. The zero-order valence-corrected chi connectivity index (χ0v) is 16.0. The number of likely N-dealkylation sites (tertiary alicyclic amines) is 1. The summed E-state index contributed by atoms with van der Waals surface area (Å²) in [4.78, 5) is 15.0. The van der Waals surface area contributed by atoms with E-state index in [1.807, 2.05) is 47.0 Å². The molecule has 2 atom stereocenters. The van der Waals surface area contributed by atoms with Crippen LogP contribution in [0.5, 0.6) is 0 Å². The summed E-state index contributed by atoms with van der Waals surface area (Å²) < 4.78 is 16.0.